The molecule has 0 N–H and O–H groups in total. The van der Waals surface area contributed by atoms with E-state index in [-0.39, 0.29) is 0 Å². The minimum atomic E-state index is 0.550. The molecule has 0 heterocycles. The van der Waals surface area contributed by atoms with Crippen LogP contribution in [0.2, 0.25) is 0 Å². The highest BCUT2D eigenvalue weighted by molar-refractivity contribution is 6.25. The van der Waals surface area contributed by atoms with Crippen molar-refractivity contribution in [3.63, 3.8) is 0 Å². The zero-order valence-electron chi connectivity index (χ0n) is 12.6. The van der Waals surface area contributed by atoms with E-state index in [2.05, 4.69) is 30.3 Å². The molecule has 0 aliphatic rings. The first-order valence-corrected chi connectivity index (χ1v) is 7.91. The lowest BCUT2D eigenvalue weighted by Gasteiger charge is -2.11. The van der Waals surface area contributed by atoms with Crippen molar-refractivity contribution in [3.05, 3.63) is 77.3 Å². The summed E-state index contributed by atoms with van der Waals surface area (Å²) >= 11 is 5.42. The van der Waals surface area contributed by atoms with Crippen LogP contribution in [0.15, 0.2) is 66.2 Å². The molecule has 0 saturated heterocycles. The van der Waals surface area contributed by atoms with Gasteiger partial charge in [0, 0.05) is 18.4 Å². The second kappa shape index (κ2) is 10.0. The molecule has 22 heavy (non-hydrogen) atoms. The van der Waals surface area contributed by atoms with Crippen LogP contribution in [0, 0.1) is 0 Å². The molecule has 0 bridgehead atoms. The van der Waals surface area contributed by atoms with Crippen molar-refractivity contribution in [2.75, 3.05) is 19.8 Å². The van der Waals surface area contributed by atoms with E-state index >= 15 is 0 Å². The molecule has 0 spiro atoms. The third kappa shape index (κ3) is 5.92. The molecule has 0 saturated carbocycles. The zero-order valence-corrected chi connectivity index (χ0v) is 13.3. The Morgan fingerprint density at radius 2 is 1.68 bits per heavy atom. The molecule has 116 valence electrons. The Labute approximate surface area is 137 Å². The Morgan fingerprint density at radius 3 is 2.50 bits per heavy atom. The molecule has 0 amide bonds. The first-order valence-electron chi connectivity index (χ1n) is 7.48. The highest BCUT2D eigenvalue weighted by atomic mass is 35.5. The number of para-hydroxylation sites is 1. The fraction of sp³-hybridized carbons (Fsp3) is 0.263. The lowest BCUT2D eigenvalue weighted by molar-refractivity contribution is 0.143. The van der Waals surface area contributed by atoms with Gasteiger partial charge in [0.15, 0.2) is 0 Å². The number of ether oxygens (including phenoxy) is 2. The molecule has 0 radical (unpaired) electrons. The summed E-state index contributed by atoms with van der Waals surface area (Å²) in [7, 11) is 0. The summed E-state index contributed by atoms with van der Waals surface area (Å²) in [5.41, 5.74) is 3.96. The van der Waals surface area contributed by atoms with Crippen LogP contribution < -0.4 is 4.74 Å². The first-order chi connectivity index (χ1) is 10.9. The molecule has 0 unspecified atom stereocenters. The van der Waals surface area contributed by atoms with Crippen molar-refractivity contribution in [1.82, 2.24) is 0 Å². The van der Waals surface area contributed by atoms with Crippen LogP contribution in [0.3, 0.4) is 0 Å². The largest absolute Gasteiger partial charge is 0.493 e. The molecular weight excluding hydrogens is 296 g/mol. The second-order valence-corrected chi connectivity index (χ2v) is 5.16. The molecule has 0 aliphatic carbocycles. The summed E-state index contributed by atoms with van der Waals surface area (Å²) in [6.07, 6.45) is 3.52. The average molecular weight is 317 g/mol. The molecule has 0 atom stereocenters. The molecule has 0 aromatic heterocycles. The van der Waals surface area contributed by atoms with Gasteiger partial charge in [-0.05, 0) is 23.3 Å². The fourth-order valence-corrected chi connectivity index (χ4v) is 2.21. The predicted octanol–water partition coefficient (Wildman–Crippen LogP) is 4.82. The van der Waals surface area contributed by atoms with Gasteiger partial charge in [0.2, 0.25) is 0 Å². The van der Waals surface area contributed by atoms with E-state index in [1.54, 1.807) is 6.08 Å². The lowest BCUT2D eigenvalue weighted by atomic mass is 10.0. The van der Waals surface area contributed by atoms with E-state index in [1.165, 1.54) is 16.7 Å². The van der Waals surface area contributed by atoms with Crippen LogP contribution in [0.5, 0.6) is 5.75 Å². The molecule has 0 fully saturated rings. The third-order valence-corrected chi connectivity index (χ3v) is 3.38. The SMILES string of the molecule is ClC=CCOCCCOc1ccccc1Cc1ccccc1. The van der Waals surface area contributed by atoms with Gasteiger partial charge in [0.05, 0.1) is 19.8 Å². The van der Waals surface area contributed by atoms with Gasteiger partial charge in [-0.1, -0.05) is 60.1 Å². The van der Waals surface area contributed by atoms with Crippen LogP contribution in [0.1, 0.15) is 17.5 Å². The average Bonchev–Trinajstić information content (AvgIpc) is 2.56. The van der Waals surface area contributed by atoms with Gasteiger partial charge < -0.3 is 9.47 Å². The Balaban J connectivity index is 1.81. The standard InChI is InChI=1S/C19H21ClO2/c20-12-6-13-21-14-7-15-22-19-11-5-4-10-18(19)16-17-8-2-1-3-9-17/h1-6,8-12H,7,13-16H2. The minimum absolute atomic E-state index is 0.550. The summed E-state index contributed by atoms with van der Waals surface area (Å²) in [5.74, 6) is 0.951. The number of hydrogen-bond acceptors (Lipinski definition) is 2. The Hall–Kier alpha value is -1.77. The molecule has 3 heteroatoms. The van der Waals surface area contributed by atoms with E-state index in [9.17, 15) is 0 Å². The van der Waals surface area contributed by atoms with Gasteiger partial charge in [-0.15, -0.1) is 0 Å². The Bertz CT molecular complexity index is 567. The summed E-state index contributed by atoms with van der Waals surface area (Å²) in [5, 5.41) is 0. The van der Waals surface area contributed by atoms with E-state index < -0.39 is 0 Å². The summed E-state index contributed by atoms with van der Waals surface area (Å²) < 4.78 is 11.3. The number of rotatable bonds is 9. The third-order valence-electron chi connectivity index (χ3n) is 3.20. The maximum atomic E-state index is 5.89. The zero-order chi connectivity index (χ0) is 15.5. The summed E-state index contributed by atoms with van der Waals surface area (Å²) in [6.45, 7) is 1.87. The van der Waals surface area contributed by atoms with E-state index in [0.29, 0.717) is 19.8 Å². The van der Waals surface area contributed by atoms with Crippen molar-refractivity contribution in [1.29, 1.82) is 0 Å². The van der Waals surface area contributed by atoms with E-state index in [1.807, 2.05) is 24.3 Å². The van der Waals surface area contributed by atoms with Gasteiger partial charge in [0.25, 0.3) is 0 Å². The van der Waals surface area contributed by atoms with E-state index in [0.717, 1.165) is 18.6 Å². The maximum absolute atomic E-state index is 5.89. The summed E-state index contributed by atoms with van der Waals surface area (Å²) in [6, 6.07) is 18.6. The van der Waals surface area contributed by atoms with Crippen molar-refractivity contribution < 1.29 is 9.47 Å². The fourth-order valence-electron chi connectivity index (χ4n) is 2.14. The number of benzene rings is 2. The van der Waals surface area contributed by atoms with Crippen molar-refractivity contribution in [2.24, 2.45) is 0 Å². The molecule has 2 rings (SSSR count). The second-order valence-electron chi connectivity index (χ2n) is 4.91. The molecule has 2 aromatic carbocycles. The van der Waals surface area contributed by atoms with Crippen molar-refractivity contribution >= 4 is 11.6 Å². The van der Waals surface area contributed by atoms with Crippen molar-refractivity contribution in [3.8, 4) is 5.75 Å². The monoisotopic (exact) mass is 316 g/mol. The van der Waals surface area contributed by atoms with Crippen LogP contribution in [0.4, 0.5) is 0 Å². The molecule has 2 nitrogen and oxygen atoms in total. The number of halogens is 1. The van der Waals surface area contributed by atoms with Gasteiger partial charge >= 0.3 is 0 Å². The van der Waals surface area contributed by atoms with Crippen LogP contribution in [0.25, 0.3) is 0 Å². The number of hydrogen-bond donors (Lipinski definition) is 0. The van der Waals surface area contributed by atoms with Gasteiger partial charge in [-0.3, -0.25) is 0 Å². The highest BCUT2D eigenvalue weighted by Gasteiger charge is 2.04. The molecular formula is C19H21ClO2. The van der Waals surface area contributed by atoms with Gasteiger partial charge in [-0.25, -0.2) is 0 Å². The van der Waals surface area contributed by atoms with Crippen LogP contribution in [-0.2, 0) is 11.2 Å². The maximum Gasteiger partial charge on any atom is 0.122 e. The normalized spacial score (nSPS) is 11.0. The predicted molar refractivity (Wildman–Crippen MR) is 91.6 cm³/mol. The summed E-state index contributed by atoms with van der Waals surface area (Å²) in [4.78, 5) is 0. The molecule has 0 aliphatic heterocycles. The van der Waals surface area contributed by atoms with Gasteiger partial charge in [0.1, 0.15) is 5.75 Å². The first kappa shape index (κ1) is 16.6. The minimum Gasteiger partial charge on any atom is -0.493 e. The smallest absolute Gasteiger partial charge is 0.122 e. The Morgan fingerprint density at radius 1 is 0.909 bits per heavy atom. The molecule has 2 aromatic rings. The topological polar surface area (TPSA) is 18.5 Å². The van der Waals surface area contributed by atoms with Crippen LogP contribution in [-0.4, -0.2) is 19.8 Å². The van der Waals surface area contributed by atoms with Crippen molar-refractivity contribution in [2.45, 2.75) is 12.8 Å². The lowest BCUT2D eigenvalue weighted by Crippen LogP contribution is -2.04. The quantitative estimate of drug-likeness (QED) is 0.618. The van der Waals surface area contributed by atoms with E-state index in [4.69, 9.17) is 21.1 Å². The van der Waals surface area contributed by atoms with Gasteiger partial charge in [-0.2, -0.15) is 0 Å². The highest BCUT2D eigenvalue weighted by Crippen LogP contribution is 2.21. The Kier molecular flexibility index (Phi) is 7.57. The van der Waals surface area contributed by atoms with Crippen LogP contribution >= 0.6 is 11.6 Å².